The fourth-order valence-corrected chi connectivity index (χ4v) is 6.67. The van der Waals surface area contributed by atoms with E-state index in [0.717, 1.165) is 0 Å². The largest absolute Gasteiger partial charge is 0.508 e. The van der Waals surface area contributed by atoms with E-state index in [0.29, 0.717) is 76.6 Å². The van der Waals surface area contributed by atoms with Crippen LogP contribution in [0.2, 0.25) is 0 Å². The zero-order valence-electron chi connectivity index (χ0n) is 38.0. The minimum Gasteiger partial charge on any atom is -0.508 e. The average Bonchev–Trinajstić information content (AvgIpc) is 3.26. The first kappa shape index (κ1) is 57.6. The maximum absolute atomic E-state index is 14.3. The van der Waals surface area contributed by atoms with Crippen molar-refractivity contribution in [3.05, 3.63) is 29.8 Å². The van der Waals surface area contributed by atoms with E-state index in [1.165, 1.54) is 12.1 Å². The summed E-state index contributed by atoms with van der Waals surface area (Å²) in [7, 11) is 0. The van der Waals surface area contributed by atoms with Crippen LogP contribution < -0.4 is 65.9 Å². The van der Waals surface area contributed by atoms with E-state index in [4.69, 9.17) is 28.7 Å². The number of nitrogens with two attached hydrogens (primary N) is 5. The van der Waals surface area contributed by atoms with Gasteiger partial charge in [0.05, 0.1) is 13.1 Å². The number of carboxylic acids is 1. The Morgan fingerprint density at radius 2 is 0.846 bits per heavy atom. The average molecular weight is 921 g/mol. The molecule has 0 aliphatic carbocycles. The van der Waals surface area contributed by atoms with Gasteiger partial charge in [-0.05, 0) is 133 Å². The summed E-state index contributed by atoms with van der Waals surface area (Å²) in [6.45, 7) is 4.07. The van der Waals surface area contributed by atoms with Crippen molar-refractivity contribution >= 4 is 47.3 Å². The van der Waals surface area contributed by atoms with E-state index in [-0.39, 0.29) is 63.3 Å². The molecule has 0 spiro atoms. The van der Waals surface area contributed by atoms with Gasteiger partial charge in [-0.15, -0.1) is 0 Å². The molecule has 0 saturated heterocycles. The second kappa shape index (κ2) is 33.1. The highest BCUT2D eigenvalue weighted by Gasteiger charge is 2.33. The van der Waals surface area contributed by atoms with Crippen LogP contribution in [0.1, 0.15) is 103 Å². The third-order valence-corrected chi connectivity index (χ3v) is 10.3. The van der Waals surface area contributed by atoms with E-state index in [1.54, 1.807) is 12.1 Å². The Morgan fingerprint density at radius 1 is 0.492 bits per heavy atom. The van der Waals surface area contributed by atoms with E-state index >= 15 is 0 Å². The van der Waals surface area contributed by atoms with Gasteiger partial charge >= 0.3 is 5.97 Å². The molecular formula is C43H76N12O10. The Balaban J connectivity index is 3.52. The van der Waals surface area contributed by atoms with Crippen LogP contribution in [0.3, 0.4) is 0 Å². The predicted molar refractivity (Wildman–Crippen MR) is 244 cm³/mol. The molecule has 22 heteroatoms. The van der Waals surface area contributed by atoms with Crippen LogP contribution in [-0.2, 0) is 44.8 Å². The molecule has 368 valence electrons. The minimum absolute atomic E-state index is 0.0409. The van der Waals surface area contributed by atoms with Crippen molar-refractivity contribution in [3.63, 3.8) is 0 Å². The number of hydrogen-bond donors (Lipinski definition) is 14. The highest BCUT2D eigenvalue weighted by atomic mass is 16.4. The van der Waals surface area contributed by atoms with Gasteiger partial charge < -0.3 is 76.1 Å². The summed E-state index contributed by atoms with van der Waals surface area (Å²) in [4.78, 5) is 106. The van der Waals surface area contributed by atoms with E-state index in [1.807, 2.05) is 13.8 Å². The molecular weight excluding hydrogens is 845 g/mol. The SMILES string of the molecule is CC(C)C[C@H](NC(=O)[C@H](CCCCN)NC(=O)[C@H](Cc1ccc(O)cc1)NC(=O)[C@H](CCCCN)NC(=O)[C@H](CCCCN)NC(=O)[C@H](CCCCN)NC(=O)CNC(=O)CN)C(=O)O. The number of hydrogen-bond acceptors (Lipinski definition) is 14. The number of carbonyl (C=O) groups is 8. The molecule has 22 nitrogen and oxygen atoms in total. The number of amides is 7. The van der Waals surface area contributed by atoms with Crippen LogP contribution >= 0.6 is 0 Å². The molecule has 0 radical (unpaired) electrons. The van der Waals surface area contributed by atoms with E-state index < -0.39 is 90.1 Å². The molecule has 0 fully saturated rings. The second-order valence-electron chi connectivity index (χ2n) is 16.4. The summed E-state index contributed by atoms with van der Waals surface area (Å²) in [6, 6.07) is -1.42. The molecule has 0 saturated carbocycles. The Bertz CT molecular complexity index is 1630. The van der Waals surface area contributed by atoms with Crippen molar-refractivity contribution in [1.29, 1.82) is 0 Å². The molecule has 0 aliphatic rings. The quantitative estimate of drug-likeness (QED) is 0.0315. The smallest absolute Gasteiger partial charge is 0.326 e. The third-order valence-electron chi connectivity index (χ3n) is 10.3. The summed E-state index contributed by atoms with van der Waals surface area (Å²) >= 11 is 0. The second-order valence-corrected chi connectivity index (χ2v) is 16.4. The lowest BCUT2D eigenvalue weighted by Gasteiger charge is -2.28. The van der Waals surface area contributed by atoms with E-state index in [2.05, 4.69) is 37.2 Å². The van der Waals surface area contributed by atoms with Gasteiger partial charge in [-0.25, -0.2) is 4.79 Å². The van der Waals surface area contributed by atoms with Gasteiger partial charge in [-0.3, -0.25) is 33.6 Å². The van der Waals surface area contributed by atoms with Crippen LogP contribution in [0.15, 0.2) is 24.3 Å². The molecule has 0 aliphatic heterocycles. The van der Waals surface area contributed by atoms with Crippen molar-refractivity contribution < 1.29 is 48.6 Å². The first-order valence-corrected chi connectivity index (χ1v) is 22.6. The highest BCUT2D eigenvalue weighted by Crippen LogP contribution is 2.14. The molecule has 6 atom stereocenters. The van der Waals surface area contributed by atoms with Crippen molar-refractivity contribution in [2.45, 2.75) is 140 Å². The van der Waals surface area contributed by atoms with Crippen LogP contribution in [0, 0.1) is 5.92 Å². The van der Waals surface area contributed by atoms with Gasteiger partial charge in [-0.2, -0.15) is 0 Å². The first-order valence-electron chi connectivity index (χ1n) is 22.6. The summed E-state index contributed by atoms with van der Waals surface area (Å²) in [6.07, 6.45) is 4.20. The number of rotatable bonds is 35. The molecule has 1 aromatic rings. The standard InChI is InChI=1S/C43H76N12O10/c1-27(2)23-35(43(64)65)55-41(62)33(14-6-10-22-47)53-42(63)34(24-28-15-17-29(56)18-16-28)54-40(61)32(13-5-9-21-46)52-39(60)31(12-4-8-20-45)51-38(59)30(11-3-7-19-44)50-37(58)26-49-36(57)25-48/h15-18,27,30-35,56H,3-14,19-26,44-48H2,1-2H3,(H,49,57)(H,50,58)(H,51,59)(H,52,60)(H,53,63)(H,54,61)(H,55,62)(H,64,65)/t30-,31-,32-,33-,34-,35-/m0/s1. The van der Waals surface area contributed by atoms with Crippen molar-refractivity contribution in [1.82, 2.24) is 37.2 Å². The Labute approximate surface area is 381 Å². The fraction of sp³-hybridized carbons (Fsp3) is 0.674. The molecule has 0 aromatic heterocycles. The lowest BCUT2D eigenvalue weighted by atomic mass is 10.0. The van der Waals surface area contributed by atoms with Gasteiger partial charge in [0.15, 0.2) is 0 Å². The molecule has 7 amide bonds. The highest BCUT2D eigenvalue weighted by molar-refractivity contribution is 5.97. The maximum atomic E-state index is 14.3. The van der Waals surface area contributed by atoms with Crippen molar-refractivity contribution in [3.8, 4) is 5.75 Å². The zero-order valence-corrected chi connectivity index (χ0v) is 38.0. The monoisotopic (exact) mass is 921 g/mol. The number of aromatic hydroxyl groups is 1. The number of nitrogens with one attached hydrogen (secondary N) is 7. The number of carboxylic acid groups (broad SMARTS) is 1. The lowest BCUT2D eigenvalue weighted by molar-refractivity contribution is -0.143. The number of aliphatic carboxylic acids is 1. The molecule has 19 N–H and O–H groups in total. The van der Waals surface area contributed by atoms with Gasteiger partial charge in [0.25, 0.3) is 0 Å². The Hall–Kier alpha value is -5.42. The Morgan fingerprint density at radius 3 is 1.20 bits per heavy atom. The van der Waals surface area contributed by atoms with Gasteiger partial charge in [0.2, 0.25) is 41.4 Å². The molecule has 1 rings (SSSR count). The normalized spacial score (nSPS) is 13.8. The summed E-state index contributed by atoms with van der Waals surface area (Å²) in [5.41, 5.74) is 28.7. The summed E-state index contributed by atoms with van der Waals surface area (Å²) in [5, 5.41) is 38.0. The topological polar surface area (TPSA) is 391 Å². The van der Waals surface area contributed by atoms with Crippen molar-refractivity contribution in [2.24, 2.45) is 34.6 Å². The third kappa shape index (κ3) is 24.4. The molecule has 65 heavy (non-hydrogen) atoms. The van der Waals surface area contributed by atoms with Crippen LogP contribution in [0.25, 0.3) is 0 Å². The van der Waals surface area contributed by atoms with Crippen LogP contribution in [-0.4, -0.2) is 133 Å². The number of unbranched alkanes of at least 4 members (excludes halogenated alkanes) is 4. The van der Waals surface area contributed by atoms with Crippen LogP contribution in [0.4, 0.5) is 0 Å². The van der Waals surface area contributed by atoms with Gasteiger partial charge in [0, 0.05) is 6.42 Å². The molecule has 0 unspecified atom stereocenters. The molecule has 1 aromatic carbocycles. The number of phenolic OH excluding ortho intramolecular Hbond substituents is 1. The molecule has 0 bridgehead atoms. The maximum Gasteiger partial charge on any atom is 0.326 e. The number of carbonyl (C=O) groups excluding carboxylic acids is 7. The van der Waals surface area contributed by atoms with E-state index in [9.17, 15) is 48.6 Å². The van der Waals surface area contributed by atoms with Crippen molar-refractivity contribution in [2.75, 3.05) is 39.3 Å². The molecule has 0 heterocycles. The van der Waals surface area contributed by atoms with Gasteiger partial charge in [0.1, 0.15) is 42.0 Å². The Kier molecular flexibility index (Phi) is 29.3. The lowest BCUT2D eigenvalue weighted by Crippen LogP contribution is -2.60. The summed E-state index contributed by atoms with van der Waals surface area (Å²) < 4.78 is 0. The number of phenols is 1. The zero-order chi connectivity index (χ0) is 48.7. The van der Waals surface area contributed by atoms with Crippen LogP contribution in [0.5, 0.6) is 5.75 Å². The van der Waals surface area contributed by atoms with Gasteiger partial charge in [-0.1, -0.05) is 26.0 Å². The minimum atomic E-state index is -1.34. The first-order chi connectivity index (χ1) is 31.0. The predicted octanol–water partition coefficient (Wildman–Crippen LogP) is -2.43. The fourth-order valence-electron chi connectivity index (χ4n) is 6.67. The summed E-state index contributed by atoms with van der Waals surface area (Å²) in [5.74, 6) is -6.27. The number of benzene rings is 1.